The van der Waals surface area contributed by atoms with E-state index in [4.69, 9.17) is 11.3 Å². The molecule has 0 aromatic rings. The molecule has 6 nitrogen and oxygen atoms in total. The Morgan fingerprint density at radius 3 is 2.85 bits per heavy atom. The fourth-order valence-corrected chi connectivity index (χ4v) is 0.642. The van der Waals surface area contributed by atoms with Crippen LogP contribution in [0.25, 0.3) is 10.4 Å². The van der Waals surface area contributed by atoms with Crippen LogP contribution in [0.5, 0.6) is 0 Å². The minimum atomic E-state index is -0.0570. The Morgan fingerprint density at radius 1 is 1.62 bits per heavy atom. The highest BCUT2D eigenvalue weighted by atomic mass is 35.5. The van der Waals surface area contributed by atoms with E-state index in [2.05, 4.69) is 15.3 Å². The van der Waals surface area contributed by atoms with Crippen LogP contribution in [-0.2, 0) is 4.79 Å². The number of nitrogens with zero attached hydrogens (tertiary/aromatic N) is 3. The highest BCUT2D eigenvalue weighted by molar-refractivity contribution is 5.85. The molecule has 0 aliphatic rings. The molecule has 0 aliphatic carbocycles. The van der Waals surface area contributed by atoms with Gasteiger partial charge in [0.15, 0.2) is 0 Å². The van der Waals surface area contributed by atoms with Gasteiger partial charge < -0.3 is 11.1 Å². The van der Waals surface area contributed by atoms with Gasteiger partial charge in [-0.25, -0.2) is 0 Å². The van der Waals surface area contributed by atoms with Gasteiger partial charge in [-0.1, -0.05) is 5.11 Å². The number of hydrogen-bond donors (Lipinski definition) is 2. The third-order valence-electron chi connectivity index (χ3n) is 1.19. The molecule has 7 heteroatoms. The Hall–Kier alpha value is -0.970. The van der Waals surface area contributed by atoms with Crippen molar-refractivity contribution in [1.82, 2.24) is 5.32 Å². The van der Waals surface area contributed by atoms with Gasteiger partial charge in [-0.3, -0.25) is 4.79 Å². The minimum Gasteiger partial charge on any atom is -0.356 e. The highest BCUT2D eigenvalue weighted by Gasteiger charge is 1.96. The standard InChI is InChI=1S/C6H13N5O.ClH/c7-3-2-6(12)9-4-1-5-10-11-8;/h1-5,7H2,(H,9,12);1H. The van der Waals surface area contributed by atoms with Gasteiger partial charge in [0.2, 0.25) is 5.91 Å². The van der Waals surface area contributed by atoms with Crippen molar-refractivity contribution in [3.05, 3.63) is 10.4 Å². The predicted molar refractivity (Wildman–Crippen MR) is 52.6 cm³/mol. The van der Waals surface area contributed by atoms with Crippen LogP contribution >= 0.6 is 12.4 Å². The second-order valence-corrected chi connectivity index (χ2v) is 2.20. The fourth-order valence-electron chi connectivity index (χ4n) is 0.642. The van der Waals surface area contributed by atoms with Gasteiger partial charge in [0.05, 0.1) is 0 Å². The van der Waals surface area contributed by atoms with Crippen LogP contribution in [0, 0.1) is 0 Å². The summed E-state index contributed by atoms with van der Waals surface area (Å²) in [4.78, 5) is 13.4. The largest absolute Gasteiger partial charge is 0.356 e. The molecule has 0 radical (unpaired) electrons. The maximum atomic E-state index is 10.8. The number of hydrogen-bond acceptors (Lipinski definition) is 3. The van der Waals surface area contributed by atoms with Crippen molar-refractivity contribution < 1.29 is 4.79 Å². The van der Waals surface area contributed by atoms with Gasteiger partial charge in [0, 0.05) is 31.0 Å². The van der Waals surface area contributed by atoms with Gasteiger partial charge in [-0.15, -0.1) is 12.4 Å². The molecule has 0 aliphatic heterocycles. The first-order valence-electron chi connectivity index (χ1n) is 3.79. The average Bonchev–Trinajstić information content (AvgIpc) is 2.05. The molecule has 0 rings (SSSR count). The summed E-state index contributed by atoms with van der Waals surface area (Å²) >= 11 is 0. The summed E-state index contributed by atoms with van der Waals surface area (Å²) in [6, 6.07) is 0. The van der Waals surface area contributed by atoms with Gasteiger partial charge in [0.1, 0.15) is 0 Å². The number of azide groups is 1. The number of nitrogens with one attached hydrogen (secondary N) is 1. The minimum absolute atomic E-state index is 0. The molecule has 13 heavy (non-hydrogen) atoms. The molecule has 0 fully saturated rings. The van der Waals surface area contributed by atoms with Crippen LogP contribution in [-0.4, -0.2) is 25.5 Å². The molecular formula is C6H14ClN5O. The molecule has 76 valence electrons. The molecule has 0 unspecified atom stereocenters. The number of halogens is 1. The molecule has 0 saturated carbocycles. The summed E-state index contributed by atoms with van der Waals surface area (Å²) in [5.41, 5.74) is 13.1. The first kappa shape index (κ1) is 14.5. The van der Waals surface area contributed by atoms with Crippen LogP contribution in [0.15, 0.2) is 5.11 Å². The first-order chi connectivity index (χ1) is 5.81. The summed E-state index contributed by atoms with van der Waals surface area (Å²) in [5.74, 6) is -0.0570. The van der Waals surface area contributed by atoms with Crippen molar-refractivity contribution in [2.24, 2.45) is 10.8 Å². The Kier molecular flexibility index (Phi) is 12.3. The second kappa shape index (κ2) is 11.0. The Labute approximate surface area is 82.9 Å². The van der Waals surface area contributed by atoms with E-state index in [1.165, 1.54) is 0 Å². The smallest absolute Gasteiger partial charge is 0.221 e. The molecule has 0 bridgehead atoms. The van der Waals surface area contributed by atoms with E-state index in [0.717, 1.165) is 0 Å². The molecule has 0 saturated heterocycles. The van der Waals surface area contributed by atoms with Crippen molar-refractivity contribution in [3.8, 4) is 0 Å². The Bertz CT molecular complexity index is 180. The van der Waals surface area contributed by atoms with Crippen LogP contribution in [0.2, 0.25) is 0 Å². The van der Waals surface area contributed by atoms with E-state index < -0.39 is 0 Å². The van der Waals surface area contributed by atoms with Crippen LogP contribution < -0.4 is 11.1 Å². The van der Waals surface area contributed by atoms with E-state index >= 15 is 0 Å². The lowest BCUT2D eigenvalue weighted by Crippen LogP contribution is -2.26. The van der Waals surface area contributed by atoms with Crippen molar-refractivity contribution >= 4 is 18.3 Å². The number of carbonyl (C=O) groups excluding carboxylic acids is 1. The average molecular weight is 208 g/mol. The topological polar surface area (TPSA) is 104 Å². The second-order valence-electron chi connectivity index (χ2n) is 2.20. The van der Waals surface area contributed by atoms with Gasteiger partial charge >= 0.3 is 0 Å². The third-order valence-corrected chi connectivity index (χ3v) is 1.19. The Morgan fingerprint density at radius 2 is 2.31 bits per heavy atom. The van der Waals surface area contributed by atoms with E-state index in [9.17, 15) is 4.79 Å². The molecule has 0 spiro atoms. The zero-order valence-corrected chi connectivity index (χ0v) is 8.09. The third kappa shape index (κ3) is 11.0. The lowest BCUT2D eigenvalue weighted by Gasteiger charge is -2.00. The van der Waals surface area contributed by atoms with Crippen molar-refractivity contribution in [1.29, 1.82) is 0 Å². The van der Waals surface area contributed by atoms with Crippen molar-refractivity contribution in [2.45, 2.75) is 12.8 Å². The molecule has 0 aromatic carbocycles. The lowest BCUT2D eigenvalue weighted by molar-refractivity contribution is -0.120. The van der Waals surface area contributed by atoms with E-state index in [1.807, 2.05) is 0 Å². The van der Waals surface area contributed by atoms with Gasteiger partial charge in [-0.05, 0) is 12.0 Å². The zero-order chi connectivity index (χ0) is 9.23. The van der Waals surface area contributed by atoms with Crippen LogP contribution in [0.3, 0.4) is 0 Å². The summed E-state index contributed by atoms with van der Waals surface area (Å²) < 4.78 is 0. The number of amides is 1. The first-order valence-corrected chi connectivity index (χ1v) is 3.79. The van der Waals surface area contributed by atoms with Crippen molar-refractivity contribution in [2.75, 3.05) is 19.6 Å². The Balaban J connectivity index is 0. The molecular weight excluding hydrogens is 194 g/mol. The summed E-state index contributed by atoms with van der Waals surface area (Å²) in [6.07, 6.45) is 1.02. The van der Waals surface area contributed by atoms with Crippen LogP contribution in [0.4, 0.5) is 0 Å². The monoisotopic (exact) mass is 207 g/mol. The van der Waals surface area contributed by atoms with Crippen LogP contribution in [0.1, 0.15) is 12.8 Å². The predicted octanol–water partition coefficient (Wildman–Crippen LogP) is 0.574. The zero-order valence-electron chi connectivity index (χ0n) is 7.27. The summed E-state index contributed by atoms with van der Waals surface area (Å²) in [7, 11) is 0. The van der Waals surface area contributed by atoms with Gasteiger partial charge in [0.25, 0.3) is 0 Å². The molecule has 0 aromatic heterocycles. The SMILES string of the molecule is Cl.[N-]=[N+]=NCCCNC(=O)CCN. The fraction of sp³-hybridized carbons (Fsp3) is 0.833. The van der Waals surface area contributed by atoms with E-state index in [-0.39, 0.29) is 18.3 Å². The summed E-state index contributed by atoms with van der Waals surface area (Å²) in [5, 5.41) is 5.96. The lowest BCUT2D eigenvalue weighted by atomic mass is 10.4. The maximum Gasteiger partial charge on any atom is 0.221 e. The normalized spacial score (nSPS) is 8.08. The molecule has 3 N–H and O–H groups in total. The molecule has 0 heterocycles. The maximum absolute atomic E-state index is 10.8. The number of nitrogens with two attached hydrogens (primary N) is 1. The van der Waals surface area contributed by atoms with Crippen molar-refractivity contribution in [3.63, 3.8) is 0 Å². The van der Waals surface area contributed by atoms with E-state index in [1.54, 1.807) is 0 Å². The number of rotatable bonds is 6. The molecule has 1 amide bonds. The highest BCUT2D eigenvalue weighted by Crippen LogP contribution is 1.80. The number of carbonyl (C=O) groups is 1. The quantitative estimate of drug-likeness (QED) is 0.288. The molecule has 0 atom stereocenters. The summed E-state index contributed by atoms with van der Waals surface area (Å²) in [6.45, 7) is 1.32. The van der Waals surface area contributed by atoms with E-state index in [0.29, 0.717) is 32.5 Å². The van der Waals surface area contributed by atoms with Gasteiger partial charge in [-0.2, -0.15) is 0 Å².